The topological polar surface area (TPSA) is 40.5 Å². The number of carbonyl (C=O) groups excluding carboxylic acids is 1. The highest BCUT2D eigenvalue weighted by Crippen LogP contribution is 2.62. The first-order valence-electron chi connectivity index (χ1n) is 8.12. The van der Waals surface area contributed by atoms with Gasteiger partial charge >= 0.3 is 6.18 Å². The molecule has 1 aromatic carbocycles. The Morgan fingerprint density at radius 3 is 2.38 bits per heavy atom. The monoisotopic (exact) mass is 341 g/mol. The SMILES string of the molecule is CC1(C)C[C@]2(CO)CN(C(=O)Cc3ccc(C(F)(F)F)cc3)C[C@H]12. The molecule has 1 saturated carbocycles. The third kappa shape index (κ3) is 2.81. The van der Waals surface area contributed by atoms with Gasteiger partial charge in [-0.2, -0.15) is 13.2 Å². The third-order valence-electron chi connectivity index (χ3n) is 5.70. The van der Waals surface area contributed by atoms with Gasteiger partial charge in [0, 0.05) is 18.5 Å². The fourth-order valence-corrected chi connectivity index (χ4v) is 4.63. The lowest BCUT2D eigenvalue weighted by Gasteiger charge is -2.55. The van der Waals surface area contributed by atoms with Crippen LogP contribution in [0, 0.1) is 16.7 Å². The van der Waals surface area contributed by atoms with Gasteiger partial charge in [0.25, 0.3) is 0 Å². The van der Waals surface area contributed by atoms with E-state index < -0.39 is 11.7 Å². The van der Waals surface area contributed by atoms with Crippen LogP contribution >= 0.6 is 0 Å². The molecule has 1 saturated heterocycles. The van der Waals surface area contributed by atoms with Crippen LogP contribution in [0.1, 0.15) is 31.4 Å². The first kappa shape index (κ1) is 17.3. The quantitative estimate of drug-likeness (QED) is 0.918. The van der Waals surface area contributed by atoms with Crippen molar-refractivity contribution in [1.29, 1.82) is 0 Å². The van der Waals surface area contributed by atoms with Gasteiger partial charge in [0.15, 0.2) is 0 Å². The van der Waals surface area contributed by atoms with E-state index in [2.05, 4.69) is 13.8 Å². The molecule has 1 amide bonds. The summed E-state index contributed by atoms with van der Waals surface area (Å²) in [4.78, 5) is 14.3. The summed E-state index contributed by atoms with van der Waals surface area (Å²) in [7, 11) is 0. The molecule has 1 aliphatic carbocycles. The van der Waals surface area contributed by atoms with Crippen molar-refractivity contribution in [3.8, 4) is 0 Å². The summed E-state index contributed by atoms with van der Waals surface area (Å²) in [5.74, 6) is 0.194. The number of aliphatic hydroxyl groups excluding tert-OH is 1. The molecule has 1 aliphatic heterocycles. The van der Waals surface area contributed by atoms with Crippen LogP contribution in [0.15, 0.2) is 24.3 Å². The zero-order valence-corrected chi connectivity index (χ0v) is 13.9. The second-order valence-corrected chi connectivity index (χ2v) is 7.88. The molecule has 2 atom stereocenters. The predicted molar refractivity (Wildman–Crippen MR) is 83.1 cm³/mol. The highest BCUT2D eigenvalue weighted by atomic mass is 19.4. The van der Waals surface area contributed by atoms with Gasteiger partial charge in [0.1, 0.15) is 0 Å². The average Bonchev–Trinajstić information content (AvgIpc) is 2.82. The summed E-state index contributed by atoms with van der Waals surface area (Å²) in [6.45, 7) is 5.53. The molecule has 0 spiro atoms. The minimum Gasteiger partial charge on any atom is -0.396 e. The van der Waals surface area contributed by atoms with E-state index in [1.807, 2.05) is 0 Å². The molecule has 6 heteroatoms. The largest absolute Gasteiger partial charge is 0.416 e. The van der Waals surface area contributed by atoms with E-state index in [1.54, 1.807) is 4.90 Å². The number of fused-ring (bicyclic) bond motifs is 1. The van der Waals surface area contributed by atoms with Gasteiger partial charge in [-0.25, -0.2) is 0 Å². The fourth-order valence-electron chi connectivity index (χ4n) is 4.63. The number of aliphatic hydroxyl groups is 1. The summed E-state index contributed by atoms with van der Waals surface area (Å²) in [5.41, 5.74) is -0.214. The number of hydrogen-bond donors (Lipinski definition) is 1. The van der Waals surface area contributed by atoms with Crippen molar-refractivity contribution >= 4 is 5.91 Å². The van der Waals surface area contributed by atoms with Crippen molar-refractivity contribution in [3.63, 3.8) is 0 Å². The number of amides is 1. The van der Waals surface area contributed by atoms with E-state index in [0.717, 1.165) is 18.6 Å². The molecule has 3 rings (SSSR count). The minimum atomic E-state index is -4.37. The fraction of sp³-hybridized carbons (Fsp3) is 0.611. The predicted octanol–water partition coefficient (Wildman–Crippen LogP) is 3.11. The maximum absolute atomic E-state index is 12.6. The lowest BCUT2D eigenvalue weighted by atomic mass is 9.48. The number of alkyl halides is 3. The summed E-state index contributed by atoms with van der Waals surface area (Å²) < 4.78 is 37.7. The normalized spacial score (nSPS) is 28.4. The molecular formula is C18H22F3NO2. The molecular weight excluding hydrogens is 319 g/mol. The number of likely N-dealkylation sites (tertiary alicyclic amines) is 1. The Kier molecular flexibility index (Phi) is 3.94. The lowest BCUT2D eigenvalue weighted by Crippen LogP contribution is -2.54. The molecule has 0 bridgehead atoms. The van der Waals surface area contributed by atoms with E-state index >= 15 is 0 Å². The molecule has 24 heavy (non-hydrogen) atoms. The summed E-state index contributed by atoms with van der Waals surface area (Å²) >= 11 is 0. The zero-order valence-electron chi connectivity index (χ0n) is 13.9. The third-order valence-corrected chi connectivity index (χ3v) is 5.70. The Morgan fingerprint density at radius 2 is 1.92 bits per heavy atom. The van der Waals surface area contributed by atoms with Crippen molar-refractivity contribution in [3.05, 3.63) is 35.4 Å². The van der Waals surface area contributed by atoms with Crippen molar-refractivity contribution < 1.29 is 23.1 Å². The minimum absolute atomic E-state index is 0.0746. The van der Waals surface area contributed by atoms with Gasteiger partial charge in [-0.3, -0.25) is 4.79 Å². The van der Waals surface area contributed by atoms with E-state index in [9.17, 15) is 23.1 Å². The Labute approximate surface area is 139 Å². The highest BCUT2D eigenvalue weighted by Gasteiger charge is 2.62. The molecule has 2 aliphatic rings. The van der Waals surface area contributed by atoms with Gasteiger partial charge in [0.05, 0.1) is 18.6 Å². The standard InChI is InChI=1S/C18H22F3NO2/c1-16(2)9-17(11-23)10-22(8-14(16)17)15(24)7-12-3-5-13(6-4-12)18(19,20)21/h3-6,14,23H,7-11H2,1-2H3/t14-,17-/m1/s1. The molecule has 0 unspecified atom stereocenters. The maximum atomic E-state index is 12.6. The average molecular weight is 341 g/mol. The van der Waals surface area contributed by atoms with Crippen molar-refractivity contribution in [1.82, 2.24) is 4.90 Å². The van der Waals surface area contributed by atoms with Gasteiger partial charge < -0.3 is 10.0 Å². The summed E-state index contributed by atoms with van der Waals surface area (Å²) in [6, 6.07) is 4.73. The van der Waals surface area contributed by atoms with E-state index in [1.165, 1.54) is 12.1 Å². The lowest BCUT2D eigenvalue weighted by molar-refractivity contribution is -0.137. The Balaban J connectivity index is 1.66. The Hall–Kier alpha value is -1.56. The molecule has 1 heterocycles. The van der Waals surface area contributed by atoms with Gasteiger partial charge in [-0.15, -0.1) is 0 Å². The smallest absolute Gasteiger partial charge is 0.396 e. The number of halogens is 3. The van der Waals surface area contributed by atoms with E-state index in [0.29, 0.717) is 18.7 Å². The Bertz CT molecular complexity index is 639. The number of nitrogens with zero attached hydrogens (tertiary/aromatic N) is 1. The molecule has 1 N–H and O–H groups in total. The van der Waals surface area contributed by atoms with Crippen LogP contribution in [0.2, 0.25) is 0 Å². The molecule has 0 radical (unpaired) electrons. The first-order chi connectivity index (χ1) is 11.1. The van der Waals surface area contributed by atoms with Gasteiger partial charge in [-0.1, -0.05) is 26.0 Å². The summed E-state index contributed by atoms with van der Waals surface area (Å²) in [6.07, 6.45) is -3.38. The molecule has 1 aromatic rings. The maximum Gasteiger partial charge on any atom is 0.416 e. The zero-order chi connectivity index (χ0) is 17.8. The molecule has 2 fully saturated rings. The summed E-state index contributed by atoms with van der Waals surface area (Å²) in [5, 5.41) is 9.73. The van der Waals surface area contributed by atoms with E-state index in [-0.39, 0.29) is 35.7 Å². The number of carbonyl (C=O) groups is 1. The first-order valence-corrected chi connectivity index (χ1v) is 8.12. The van der Waals surface area contributed by atoms with Crippen LogP contribution < -0.4 is 0 Å². The van der Waals surface area contributed by atoms with Crippen molar-refractivity contribution in [2.75, 3.05) is 19.7 Å². The number of rotatable bonds is 3. The van der Waals surface area contributed by atoms with Crippen molar-refractivity contribution in [2.45, 2.75) is 32.9 Å². The van der Waals surface area contributed by atoms with Crippen LogP contribution in [-0.2, 0) is 17.4 Å². The molecule has 3 nitrogen and oxygen atoms in total. The van der Waals surface area contributed by atoms with Crippen LogP contribution in [0.4, 0.5) is 13.2 Å². The number of hydrogen-bond acceptors (Lipinski definition) is 2. The molecule has 132 valence electrons. The van der Waals surface area contributed by atoms with Crippen LogP contribution in [-0.4, -0.2) is 35.6 Å². The number of benzene rings is 1. The second-order valence-electron chi connectivity index (χ2n) is 7.88. The second kappa shape index (κ2) is 5.48. The van der Waals surface area contributed by atoms with Gasteiger partial charge in [-0.05, 0) is 35.4 Å². The van der Waals surface area contributed by atoms with Gasteiger partial charge in [0.2, 0.25) is 5.91 Å². The van der Waals surface area contributed by atoms with Crippen LogP contribution in [0.3, 0.4) is 0 Å². The Morgan fingerprint density at radius 1 is 1.29 bits per heavy atom. The van der Waals surface area contributed by atoms with Crippen molar-refractivity contribution in [2.24, 2.45) is 16.7 Å². The van der Waals surface area contributed by atoms with Crippen LogP contribution in [0.25, 0.3) is 0 Å². The highest BCUT2D eigenvalue weighted by molar-refractivity contribution is 5.79. The van der Waals surface area contributed by atoms with Crippen LogP contribution in [0.5, 0.6) is 0 Å². The van der Waals surface area contributed by atoms with E-state index in [4.69, 9.17) is 0 Å². The molecule has 0 aromatic heterocycles.